The highest BCUT2D eigenvalue weighted by atomic mass is 16.5. The molecule has 0 bridgehead atoms. The number of aromatic nitrogens is 4. The van der Waals surface area contributed by atoms with E-state index in [9.17, 15) is 0 Å². The summed E-state index contributed by atoms with van der Waals surface area (Å²) in [4.78, 5) is 0. The monoisotopic (exact) mass is 213 g/mol. The zero-order valence-electron chi connectivity index (χ0n) is 9.77. The van der Waals surface area contributed by atoms with Crippen LogP contribution in [-0.2, 0) is 11.3 Å². The molecule has 0 amide bonds. The molecule has 1 rings (SSSR count). The van der Waals surface area contributed by atoms with Gasteiger partial charge in [0.15, 0.2) is 5.82 Å². The molecule has 1 heterocycles. The Morgan fingerprint density at radius 2 is 2.13 bits per heavy atom. The zero-order chi connectivity index (χ0) is 11.3. The topological polar surface area (TPSA) is 64.9 Å². The highest BCUT2D eigenvalue weighted by Crippen LogP contribution is 2.05. The highest BCUT2D eigenvalue weighted by molar-refractivity contribution is 4.83. The summed E-state index contributed by atoms with van der Waals surface area (Å²) in [5.41, 5.74) is 0. The largest absolute Gasteiger partial charge is 0.382 e. The predicted octanol–water partition coefficient (Wildman–Crippen LogP) is 0.378. The summed E-state index contributed by atoms with van der Waals surface area (Å²) in [7, 11) is 1.67. The van der Waals surface area contributed by atoms with E-state index in [1.54, 1.807) is 11.8 Å². The van der Waals surface area contributed by atoms with E-state index >= 15 is 0 Å². The quantitative estimate of drug-likeness (QED) is 0.740. The zero-order valence-corrected chi connectivity index (χ0v) is 9.77. The molecule has 0 aliphatic heterocycles. The number of ether oxygens (including phenoxy) is 1. The number of hydrogen-bond donors (Lipinski definition) is 1. The van der Waals surface area contributed by atoms with E-state index in [0.717, 1.165) is 5.82 Å². The first-order valence-electron chi connectivity index (χ1n) is 5.14. The Balaban J connectivity index is 2.60. The van der Waals surface area contributed by atoms with Gasteiger partial charge < -0.3 is 10.1 Å². The van der Waals surface area contributed by atoms with Gasteiger partial charge in [-0.2, -0.15) is 0 Å². The molecular formula is C9H19N5O. The molecule has 6 heteroatoms. The Morgan fingerprint density at radius 3 is 2.73 bits per heavy atom. The minimum absolute atomic E-state index is 0.161. The molecule has 15 heavy (non-hydrogen) atoms. The lowest BCUT2D eigenvalue weighted by molar-refractivity contribution is 0.154. The first-order valence-corrected chi connectivity index (χ1v) is 5.14. The number of tetrazole rings is 1. The molecule has 0 saturated carbocycles. The van der Waals surface area contributed by atoms with E-state index in [-0.39, 0.29) is 6.04 Å². The summed E-state index contributed by atoms with van der Waals surface area (Å²) in [5.74, 6) is 0.841. The molecule has 0 saturated heterocycles. The van der Waals surface area contributed by atoms with Gasteiger partial charge in [-0.05, 0) is 17.4 Å². The van der Waals surface area contributed by atoms with Gasteiger partial charge in [0.1, 0.15) is 0 Å². The van der Waals surface area contributed by atoms with Crippen LogP contribution in [0.4, 0.5) is 0 Å². The van der Waals surface area contributed by atoms with Gasteiger partial charge in [-0.25, -0.2) is 4.68 Å². The van der Waals surface area contributed by atoms with Crippen LogP contribution in [0.1, 0.15) is 32.6 Å². The van der Waals surface area contributed by atoms with E-state index < -0.39 is 0 Å². The molecule has 0 aliphatic carbocycles. The van der Waals surface area contributed by atoms with Gasteiger partial charge in [0.05, 0.1) is 19.2 Å². The fourth-order valence-corrected chi connectivity index (χ4v) is 1.28. The van der Waals surface area contributed by atoms with Crippen LogP contribution in [0.5, 0.6) is 0 Å². The molecule has 1 aromatic rings. The standard InChI is InChI=1S/C9H19N5O/c1-7(2)10-5-9-11-12-13-14(9)8(3)6-15-4/h7-8,10H,5-6H2,1-4H3. The summed E-state index contributed by atoms with van der Waals surface area (Å²) in [5, 5.41) is 14.9. The first-order chi connectivity index (χ1) is 7.15. The third kappa shape index (κ3) is 3.56. The van der Waals surface area contributed by atoms with Crippen LogP contribution >= 0.6 is 0 Å². The average Bonchev–Trinajstić information content (AvgIpc) is 2.62. The van der Waals surface area contributed by atoms with Crippen LogP contribution in [0.2, 0.25) is 0 Å². The van der Waals surface area contributed by atoms with Crippen LogP contribution in [0.3, 0.4) is 0 Å². The predicted molar refractivity (Wildman–Crippen MR) is 56.4 cm³/mol. The average molecular weight is 213 g/mol. The second-order valence-corrected chi connectivity index (χ2v) is 3.88. The maximum Gasteiger partial charge on any atom is 0.165 e. The molecule has 86 valence electrons. The van der Waals surface area contributed by atoms with E-state index in [0.29, 0.717) is 19.2 Å². The van der Waals surface area contributed by atoms with Gasteiger partial charge in [0.2, 0.25) is 0 Å². The number of methoxy groups -OCH3 is 1. The van der Waals surface area contributed by atoms with Crippen molar-refractivity contribution in [3.05, 3.63) is 5.82 Å². The van der Waals surface area contributed by atoms with Gasteiger partial charge in [0.25, 0.3) is 0 Å². The van der Waals surface area contributed by atoms with Crippen molar-refractivity contribution >= 4 is 0 Å². The van der Waals surface area contributed by atoms with Crippen molar-refractivity contribution in [3.63, 3.8) is 0 Å². The molecule has 1 N–H and O–H groups in total. The molecule has 1 aromatic heterocycles. The van der Waals surface area contributed by atoms with Crippen LogP contribution < -0.4 is 5.32 Å². The third-order valence-corrected chi connectivity index (χ3v) is 2.05. The van der Waals surface area contributed by atoms with Crippen molar-refractivity contribution in [2.24, 2.45) is 0 Å². The van der Waals surface area contributed by atoms with Crippen molar-refractivity contribution < 1.29 is 4.74 Å². The molecule has 1 atom stereocenters. The summed E-state index contributed by atoms with van der Waals surface area (Å²) in [6, 6.07) is 0.585. The summed E-state index contributed by atoms with van der Waals surface area (Å²) in [6.07, 6.45) is 0. The van der Waals surface area contributed by atoms with Crippen LogP contribution in [0, 0.1) is 0 Å². The molecule has 6 nitrogen and oxygen atoms in total. The lowest BCUT2D eigenvalue weighted by Gasteiger charge is -2.13. The Hall–Kier alpha value is -1.01. The molecule has 0 aliphatic rings. The molecule has 0 spiro atoms. The van der Waals surface area contributed by atoms with Crippen molar-refractivity contribution in [3.8, 4) is 0 Å². The van der Waals surface area contributed by atoms with E-state index in [1.807, 2.05) is 6.92 Å². The summed E-state index contributed by atoms with van der Waals surface area (Å²) < 4.78 is 6.86. The van der Waals surface area contributed by atoms with Gasteiger partial charge in [0, 0.05) is 13.2 Å². The van der Waals surface area contributed by atoms with Gasteiger partial charge in [-0.3, -0.25) is 0 Å². The van der Waals surface area contributed by atoms with Gasteiger partial charge >= 0.3 is 0 Å². The molecule has 0 fully saturated rings. The maximum atomic E-state index is 5.07. The minimum atomic E-state index is 0.161. The SMILES string of the molecule is COCC(C)n1nnnc1CNC(C)C. The second-order valence-electron chi connectivity index (χ2n) is 3.88. The van der Waals surface area contributed by atoms with Crippen molar-refractivity contribution in [1.29, 1.82) is 0 Å². The molecular weight excluding hydrogens is 194 g/mol. The Morgan fingerprint density at radius 1 is 1.40 bits per heavy atom. The number of hydrogen-bond acceptors (Lipinski definition) is 5. The third-order valence-electron chi connectivity index (χ3n) is 2.05. The Labute approximate surface area is 90.0 Å². The molecule has 1 unspecified atom stereocenters. The van der Waals surface area contributed by atoms with Gasteiger partial charge in [-0.15, -0.1) is 5.10 Å². The lowest BCUT2D eigenvalue weighted by Crippen LogP contribution is -2.25. The second kappa shape index (κ2) is 5.77. The van der Waals surface area contributed by atoms with Crippen molar-refractivity contribution in [2.75, 3.05) is 13.7 Å². The Kier molecular flexibility index (Phi) is 4.64. The van der Waals surface area contributed by atoms with Crippen LogP contribution in [0.15, 0.2) is 0 Å². The normalized spacial score (nSPS) is 13.4. The van der Waals surface area contributed by atoms with E-state index in [1.165, 1.54) is 0 Å². The maximum absolute atomic E-state index is 5.07. The van der Waals surface area contributed by atoms with E-state index in [2.05, 4.69) is 34.7 Å². The van der Waals surface area contributed by atoms with E-state index in [4.69, 9.17) is 4.74 Å². The van der Waals surface area contributed by atoms with Crippen molar-refractivity contribution in [2.45, 2.75) is 39.4 Å². The molecule has 0 aromatic carbocycles. The fraction of sp³-hybridized carbons (Fsp3) is 0.889. The van der Waals surface area contributed by atoms with Crippen LogP contribution in [0.25, 0.3) is 0 Å². The van der Waals surface area contributed by atoms with Gasteiger partial charge in [-0.1, -0.05) is 13.8 Å². The first kappa shape index (κ1) is 12.1. The number of nitrogens with one attached hydrogen (secondary N) is 1. The lowest BCUT2D eigenvalue weighted by atomic mass is 10.3. The van der Waals surface area contributed by atoms with Crippen molar-refractivity contribution in [1.82, 2.24) is 25.5 Å². The highest BCUT2D eigenvalue weighted by Gasteiger charge is 2.12. The Bertz CT molecular complexity index is 286. The molecule has 0 radical (unpaired) electrons. The summed E-state index contributed by atoms with van der Waals surface area (Å²) >= 11 is 0. The summed E-state index contributed by atoms with van der Waals surface area (Å²) in [6.45, 7) is 7.50. The number of nitrogens with zero attached hydrogens (tertiary/aromatic N) is 4. The number of rotatable bonds is 6. The fourth-order valence-electron chi connectivity index (χ4n) is 1.28. The smallest absolute Gasteiger partial charge is 0.165 e. The van der Waals surface area contributed by atoms with Crippen LogP contribution in [-0.4, -0.2) is 40.0 Å². The minimum Gasteiger partial charge on any atom is -0.382 e.